The molecule has 0 aromatic carbocycles. The molecule has 0 aliphatic heterocycles. The summed E-state index contributed by atoms with van der Waals surface area (Å²) in [5, 5.41) is 0. The zero-order valence-corrected chi connectivity index (χ0v) is 7.58. The first kappa shape index (κ1) is 9.52. The molecule has 0 spiro atoms. The van der Waals surface area contributed by atoms with Crippen LogP contribution in [0.4, 0.5) is 0 Å². The predicted molar refractivity (Wildman–Crippen MR) is 46.6 cm³/mol. The summed E-state index contributed by atoms with van der Waals surface area (Å²) < 4.78 is 4.85. The summed E-state index contributed by atoms with van der Waals surface area (Å²) in [6.45, 7) is 2.23. The maximum absolute atomic E-state index is 11.2. The molecule has 0 aromatic heterocycles. The molecule has 0 aromatic rings. The van der Waals surface area contributed by atoms with Gasteiger partial charge in [0.1, 0.15) is 6.04 Å². The lowest BCUT2D eigenvalue weighted by atomic mass is 9.99. The van der Waals surface area contributed by atoms with Gasteiger partial charge in [-0.05, 0) is 25.7 Å². The number of hydrogen-bond donors (Lipinski definition) is 1. The van der Waals surface area contributed by atoms with Crippen LogP contribution >= 0.6 is 0 Å². The van der Waals surface area contributed by atoms with Crippen molar-refractivity contribution in [3.05, 3.63) is 0 Å². The Labute approximate surface area is 73.3 Å². The van der Waals surface area contributed by atoms with Gasteiger partial charge in [0, 0.05) is 0 Å². The zero-order valence-electron chi connectivity index (χ0n) is 7.58. The Morgan fingerprint density at radius 1 is 1.58 bits per heavy atom. The molecule has 0 amide bonds. The third-order valence-corrected chi connectivity index (χ3v) is 2.47. The van der Waals surface area contributed by atoms with Crippen molar-refractivity contribution in [1.29, 1.82) is 0 Å². The van der Waals surface area contributed by atoms with Gasteiger partial charge < -0.3 is 10.5 Å². The largest absolute Gasteiger partial charge is 0.465 e. The number of rotatable bonds is 3. The van der Waals surface area contributed by atoms with E-state index in [-0.39, 0.29) is 12.0 Å². The van der Waals surface area contributed by atoms with Crippen molar-refractivity contribution < 1.29 is 9.53 Å². The van der Waals surface area contributed by atoms with E-state index < -0.39 is 0 Å². The molecule has 0 radical (unpaired) electrons. The SMILES string of the molecule is CCOC(=O)[C@@H](N)C1CCCC1. The number of carbonyl (C=O) groups excluding carboxylic acids is 1. The third-order valence-electron chi connectivity index (χ3n) is 2.47. The van der Waals surface area contributed by atoms with Crippen molar-refractivity contribution in [1.82, 2.24) is 0 Å². The average Bonchev–Trinajstić information content (AvgIpc) is 2.55. The highest BCUT2D eigenvalue weighted by Crippen LogP contribution is 2.27. The second kappa shape index (κ2) is 4.45. The van der Waals surface area contributed by atoms with Gasteiger partial charge in [0.05, 0.1) is 6.61 Å². The number of hydrogen-bond acceptors (Lipinski definition) is 3. The van der Waals surface area contributed by atoms with Crippen molar-refractivity contribution >= 4 is 5.97 Å². The minimum Gasteiger partial charge on any atom is -0.465 e. The quantitative estimate of drug-likeness (QED) is 0.646. The molecule has 2 N–H and O–H groups in total. The fourth-order valence-electron chi connectivity index (χ4n) is 1.75. The maximum Gasteiger partial charge on any atom is 0.323 e. The first-order chi connectivity index (χ1) is 5.75. The molecule has 70 valence electrons. The Morgan fingerprint density at radius 3 is 2.67 bits per heavy atom. The van der Waals surface area contributed by atoms with Crippen LogP contribution in [-0.4, -0.2) is 18.6 Å². The van der Waals surface area contributed by atoms with E-state index in [9.17, 15) is 4.79 Å². The Hall–Kier alpha value is -0.570. The summed E-state index contributed by atoms with van der Waals surface area (Å²) in [6.07, 6.45) is 4.58. The van der Waals surface area contributed by atoms with Crippen molar-refractivity contribution in [2.75, 3.05) is 6.61 Å². The second-order valence-electron chi connectivity index (χ2n) is 3.32. The van der Waals surface area contributed by atoms with E-state index in [2.05, 4.69) is 0 Å². The van der Waals surface area contributed by atoms with Crippen LogP contribution in [0, 0.1) is 5.92 Å². The first-order valence-corrected chi connectivity index (χ1v) is 4.68. The molecule has 1 aliphatic rings. The minimum atomic E-state index is -0.382. The van der Waals surface area contributed by atoms with Gasteiger partial charge in [-0.2, -0.15) is 0 Å². The lowest BCUT2D eigenvalue weighted by molar-refractivity contribution is -0.146. The van der Waals surface area contributed by atoms with Crippen LogP contribution in [0.1, 0.15) is 32.6 Å². The summed E-state index contributed by atoms with van der Waals surface area (Å²) in [6, 6.07) is -0.382. The summed E-state index contributed by atoms with van der Waals surface area (Å²) in [5.74, 6) is 0.133. The van der Waals surface area contributed by atoms with Crippen LogP contribution in [-0.2, 0) is 9.53 Å². The van der Waals surface area contributed by atoms with Crippen molar-refractivity contribution in [3.63, 3.8) is 0 Å². The molecule has 1 saturated carbocycles. The van der Waals surface area contributed by atoms with Gasteiger partial charge in [-0.1, -0.05) is 12.8 Å². The van der Waals surface area contributed by atoms with Gasteiger partial charge >= 0.3 is 5.97 Å². The van der Waals surface area contributed by atoms with Gasteiger partial charge in [0.15, 0.2) is 0 Å². The lowest BCUT2D eigenvalue weighted by Gasteiger charge is -2.16. The van der Waals surface area contributed by atoms with Gasteiger partial charge in [-0.15, -0.1) is 0 Å². The first-order valence-electron chi connectivity index (χ1n) is 4.68. The summed E-state index contributed by atoms with van der Waals surface area (Å²) >= 11 is 0. The molecule has 0 bridgehead atoms. The van der Waals surface area contributed by atoms with E-state index in [1.54, 1.807) is 6.92 Å². The molecule has 1 fully saturated rings. The molecule has 1 aliphatic carbocycles. The van der Waals surface area contributed by atoms with E-state index in [0.29, 0.717) is 12.5 Å². The maximum atomic E-state index is 11.2. The normalized spacial score (nSPS) is 20.8. The van der Waals surface area contributed by atoms with E-state index in [1.165, 1.54) is 12.8 Å². The van der Waals surface area contributed by atoms with Gasteiger partial charge in [0.2, 0.25) is 0 Å². The van der Waals surface area contributed by atoms with Crippen LogP contribution in [0.3, 0.4) is 0 Å². The zero-order chi connectivity index (χ0) is 8.97. The molecule has 0 heterocycles. The standard InChI is InChI=1S/C9H17NO2/c1-2-12-9(11)8(10)7-5-3-4-6-7/h7-8H,2-6,10H2,1H3/t8-/m0/s1. The lowest BCUT2D eigenvalue weighted by Crippen LogP contribution is -2.38. The Bertz CT molecular complexity index is 153. The Morgan fingerprint density at radius 2 is 2.17 bits per heavy atom. The Balaban J connectivity index is 2.34. The van der Waals surface area contributed by atoms with E-state index >= 15 is 0 Å². The van der Waals surface area contributed by atoms with E-state index in [4.69, 9.17) is 10.5 Å². The molecular formula is C9H17NO2. The van der Waals surface area contributed by atoms with Crippen LogP contribution in [0.2, 0.25) is 0 Å². The highest BCUT2D eigenvalue weighted by molar-refractivity contribution is 5.75. The summed E-state index contributed by atoms with van der Waals surface area (Å²) in [4.78, 5) is 11.2. The number of esters is 1. The van der Waals surface area contributed by atoms with Crippen LogP contribution in [0.25, 0.3) is 0 Å². The monoisotopic (exact) mass is 171 g/mol. The Kier molecular flexibility index (Phi) is 3.53. The number of nitrogens with two attached hydrogens (primary N) is 1. The summed E-state index contributed by atoms with van der Waals surface area (Å²) in [5.41, 5.74) is 5.73. The number of carbonyl (C=O) groups is 1. The molecule has 1 atom stereocenters. The molecule has 3 nitrogen and oxygen atoms in total. The van der Waals surface area contributed by atoms with Gasteiger partial charge in [0.25, 0.3) is 0 Å². The molecule has 1 rings (SSSR count). The fraction of sp³-hybridized carbons (Fsp3) is 0.889. The molecule has 0 saturated heterocycles. The second-order valence-corrected chi connectivity index (χ2v) is 3.32. The van der Waals surface area contributed by atoms with E-state index in [0.717, 1.165) is 12.8 Å². The van der Waals surface area contributed by atoms with Crippen LogP contribution in [0.5, 0.6) is 0 Å². The average molecular weight is 171 g/mol. The minimum absolute atomic E-state index is 0.232. The summed E-state index contributed by atoms with van der Waals surface area (Å²) in [7, 11) is 0. The van der Waals surface area contributed by atoms with Crippen molar-refractivity contribution in [3.8, 4) is 0 Å². The smallest absolute Gasteiger partial charge is 0.323 e. The van der Waals surface area contributed by atoms with Crippen LogP contribution in [0.15, 0.2) is 0 Å². The molecular weight excluding hydrogens is 154 g/mol. The number of ether oxygens (including phenoxy) is 1. The van der Waals surface area contributed by atoms with Gasteiger partial charge in [-0.25, -0.2) is 0 Å². The third kappa shape index (κ3) is 2.21. The fourth-order valence-corrected chi connectivity index (χ4v) is 1.75. The predicted octanol–water partition coefficient (Wildman–Crippen LogP) is 1.07. The van der Waals surface area contributed by atoms with Crippen molar-refractivity contribution in [2.45, 2.75) is 38.6 Å². The topological polar surface area (TPSA) is 52.3 Å². The van der Waals surface area contributed by atoms with Gasteiger partial charge in [-0.3, -0.25) is 4.79 Å². The highest BCUT2D eigenvalue weighted by Gasteiger charge is 2.27. The van der Waals surface area contributed by atoms with Crippen LogP contribution < -0.4 is 5.73 Å². The molecule has 12 heavy (non-hydrogen) atoms. The van der Waals surface area contributed by atoms with E-state index in [1.807, 2.05) is 0 Å². The van der Waals surface area contributed by atoms with Crippen molar-refractivity contribution in [2.24, 2.45) is 11.7 Å². The highest BCUT2D eigenvalue weighted by atomic mass is 16.5. The molecule has 0 unspecified atom stereocenters. The molecule has 3 heteroatoms.